The van der Waals surface area contributed by atoms with Crippen LogP contribution in [-0.4, -0.2) is 44.6 Å². The van der Waals surface area contributed by atoms with Crippen LogP contribution in [-0.2, 0) is 14.3 Å². The van der Waals surface area contributed by atoms with Crippen LogP contribution in [0.1, 0.15) is 45.4 Å². The normalized spacial score (nSPS) is 58.7. The number of hydrogen-bond acceptors (Lipinski definition) is 5. The lowest BCUT2D eigenvalue weighted by atomic mass is 9.60. The molecule has 6 heteroatoms. The number of rotatable bonds is 1. The third kappa shape index (κ3) is 1.37. The minimum Gasteiger partial charge on any atom is -0.481 e. The molecule has 136 valence electrons. The van der Waals surface area contributed by atoms with Gasteiger partial charge in [-0.05, 0) is 51.0 Å². The van der Waals surface area contributed by atoms with E-state index >= 15 is 0 Å². The van der Waals surface area contributed by atoms with E-state index in [-0.39, 0.29) is 18.3 Å². The second-order valence-electron chi connectivity index (χ2n) is 9.25. The van der Waals surface area contributed by atoms with Crippen molar-refractivity contribution in [1.29, 1.82) is 0 Å². The van der Waals surface area contributed by atoms with Gasteiger partial charge in [0.15, 0.2) is 0 Å². The zero-order chi connectivity index (χ0) is 18.0. The highest BCUT2D eigenvalue weighted by Crippen LogP contribution is 2.78. The van der Waals surface area contributed by atoms with Gasteiger partial charge in [-0.15, -0.1) is 0 Å². The maximum absolute atomic E-state index is 12.7. The van der Waals surface area contributed by atoms with Gasteiger partial charge in [-0.25, -0.2) is 0 Å². The molecule has 8 atom stereocenters. The molecule has 1 aliphatic heterocycles. The zero-order valence-corrected chi connectivity index (χ0v) is 14.3. The van der Waals surface area contributed by atoms with Crippen LogP contribution in [0.25, 0.3) is 0 Å². The Labute approximate surface area is 145 Å². The van der Waals surface area contributed by atoms with E-state index in [2.05, 4.69) is 6.58 Å². The average Bonchev–Trinajstić information content (AvgIpc) is 2.92. The van der Waals surface area contributed by atoms with E-state index in [4.69, 9.17) is 4.74 Å². The Morgan fingerprint density at radius 1 is 1.32 bits per heavy atom. The van der Waals surface area contributed by atoms with Crippen LogP contribution in [0, 0.1) is 28.6 Å². The van der Waals surface area contributed by atoms with E-state index < -0.39 is 45.9 Å². The third-order valence-electron chi connectivity index (χ3n) is 8.52. The molecule has 1 spiro atoms. The summed E-state index contributed by atoms with van der Waals surface area (Å²) in [5, 5.41) is 32.2. The van der Waals surface area contributed by atoms with Gasteiger partial charge in [0.1, 0.15) is 5.60 Å². The highest BCUT2D eigenvalue weighted by atomic mass is 16.6. The monoisotopic (exact) mass is 348 g/mol. The van der Waals surface area contributed by atoms with Crippen molar-refractivity contribution < 1.29 is 29.6 Å². The van der Waals surface area contributed by atoms with Crippen LogP contribution < -0.4 is 0 Å². The fourth-order valence-electron chi connectivity index (χ4n) is 7.72. The lowest BCUT2D eigenvalue weighted by Crippen LogP contribution is -2.50. The van der Waals surface area contributed by atoms with Crippen LogP contribution in [0.4, 0.5) is 0 Å². The van der Waals surface area contributed by atoms with Gasteiger partial charge >= 0.3 is 11.9 Å². The molecule has 0 aromatic heterocycles. The summed E-state index contributed by atoms with van der Waals surface area (Å²) in [5.41, 5.74) is -3.51. The molecular weight excluding hydrogens is 324 g/mol. The average molecular weight is 348 g/mol. The number of aliphatic hydroxyl groups is 2. The van der Waals surface area contributed by atoms with Gasteiger partial charge in [-0.1, -0.05) is 6.58 Å². The number of carboxylic acids is 1. The molecule has 5 rings (SSSR count). The molecule has 6 nitrogen and oxygen atoms in total. The summed E-state index contributed by atoms with van der Waals surface area (Å²) in [7, 11) is 0. The lowest BCUT2D eigenvalue weighted by Gasteiger charge is -2.45. The Balaban J connectivity index is 1.78. The smallest absolute Gasteiger partial charge is 0.312 e. The second-order valence-corrected chi connectivity index (χ2v) is 9.25. The molecule has 1 heterocycles. The second kappa shape index (κ2) is 4.12. The molecule has 25 heavy (non-hydrogen) atoms. The Bertz CT molecular complexity index is 731. The number of ether oxygens (including phenoxy) is 1. The SMILES string of the molecule is C=C1C(O)C23CC1(O)CCC2C12CCCC(C)(C(=O)O1)C2C3C(=O)O. The topological polar surface area (TPSA) is 104 Å². The van der Waals surface area contributed by atoms with Gasteiger partial charge in [-0.2, -0.15) is 0 Å². The van der Waals surface area contributed by atoms with Gasteiger partial charge < -0.3 is 20.1 Å². The maximum atomic E-state index is 12.7. The molecule has 3 N–H and O–H groups in total. The first-order valence-corrected chi connectivity index (χ1v) is 9.19. The van der Waals surface area contributed by atoms with Crippen LogP contribution in [0.2, 0.25) is 0 Å². The highest BCUT2D eigenvalue weighted by molar-refractivity contribution is 5.84. The molecule has 4 bridgehead atoms. The minimum absolute atomic E-state index is 0.202. The van der Waals surface area contributed by atoms with Crippen molar-refractivity contribution in [2.75, 3.05) is 0 Å². The number of esters is 1. The van der Waals surface area contributed by atoms with Crippen molar-refractivity contribution in [3.63, 3.8) is 0 Å². The number of carboxylic acid groups (broad SMARTS) is 1. The summed E-state index contributed by atoms with van der Waals surface area (Å²) in [6.45, 7) is 5.73. The van der Waals surface area contributed by atoms with Crippen molar-refractivity contribution >= 4 is 11.9 Å². The number of aliphatic carboxylic acids is 1. The third-order valence-corrected chi connectivity index (χ3v) is 8.52. The van der Waals surface area contributed by atoms with Gasteiger partial charge in [-0.3, -0.25) is 9.59 Å². The summed E-state index contributed by atoms with van der Waals surface area (Å²) in [5.74, 6) is -2.89. The van der Waals surface area contributed by atoms with Crippen molar-refractivity contribution in [3.8, 4) is 0 Å². The summed E-state index contributed by atoms with van der Waals surface area (Å²) < 4.78 is 5.99. The molecule has 0 aromatic rings. The molecular formula is C19H24O6. The predicted molar refractivity (Wildman–Crippen MR) is 85.3 cm³/mol. The van der Waals surface area contributed by atoms with Crippen molar-refractivity contribution in [2.45, 2.75) is 62.8 Å². The predicted octanol–water partition coefficient (Wildman–Crippen LogP) is 1.25. The Morgan fingerprint density at radius 3 is 2.72 bits per heavy atom. The largest absolute Gasteiger partial charge is 0.481 e. The first-order chi connectivity index (χ1) is 11.6. The molecule has 5 fully saturated rings. The van der Waals surface area contributed by atoms with E-state index in [1.807, 2.05) is 6.92 Å². The summed E-state index contributed by atoms with van der Waals surface area (Å²) in [6, 6.07) is 0. The number of carbonyl (C=O) groups is 2. The number of aliphatic hydroxyl groups excluding tert-OH is 1. The van der Waals surface area contributed by atoms with Crippen molar-refractivity contribution in [1.82, 2.24) is 0 Å². The lowest BCUT2D eigenvalue weighted by molar-refractivity contribution is -0.167. The number of fused-ring (bicyclic) bond motifs is 1. The van der Waals surface area contributed by atoms with Gasteiger partial charge in [0, 0.05) is 17.3 Å². The van der Waals surface area contributed by atoms with Crippen molar-refractivity contribution in [2.24, 2.45) is 28.6 Å². The standard InChI is InChI=1S/C19H24O6/c1-9-13(20)18-8-17(9,24)7-4-10(18)19-6-3-5-16(2,15(23)25-19)12(19)11(18)14(21)22/h10-13,20,24H,1,3-8H2,2H3,(H,21,22). The van der Waals surface area contributed by atoms with E-state index in [0.717, 1.165) is 6.42 Å². The first kappa shape index (κ1) is 15.8. The number of hydrogen-bond donors (Lipinski definition) is 3. The Kier molecular flexibility index (Phi) is 2.61. The molecule has 1 saturated heterocycles. The summed E-state index contributed by atoms with van der Waals surface area (Å²) >= 11 is 0. The molecule has 4 aliphatic carbocycles. The molecule has 0 aromatic carbocycles. The zero-order valence-electron chi connectivity index (χ0n) is 14.3. The van der Waals surface area contributed by atoms with Crippen molar-refractivity contribution in [3.05, 3.63) is 12.2 Å². The first-order valence-electron chi connectivity index (χ1n) is 9.19. The molecule has 0 radical (unpaired) electrons. The fourth-order valence-corrected chi connectivity index (χ4v) is 7.72. The molecule has 5 aliphatic rings. The fraction of sp³-hybridized carbons (Fsp3) is 0.789. The molecule has 8 unspecified atom stereocenters. The van der Waals surface area contributed by atoms with E-state index in [1.54, 1.807) is 0 Å². The number of carbonyl (C=O) groups excluding carboxylic acids is 1. The Hall–Kier alpha value is -1.40. The van der Waals surface area contributed by atoms with Crippen LogP contribution in [0.3, 0.4) is 0 Å². The van der Waals surface area contributed by atoms with E-state index in [9.17, 15) is 24.9 Å². The van der Waals surface area contributed by atoms with Gasteiger partial charge in [0.2, 0.25) is 0 Å². The summed E-state index contributed by atoms with van der Waals surface area (Å²) in [4.78, 5) is 25.1. The van der Waals surface area contributed by atoms with Gasteiger partial charge in [0.05, 0.1) is 23.0 Å². The van der Waals surface area contributed by atoms with Crippen LogP contribution in [0.5, 0.6) is 0 Å². The Morgan fingerprint density at radius 2 is 2.04 bits per heavy atom. The maximum Gasteiger partial charge on any atom is 0.312 e. The molecule has 4 saturated carbocycles. The summed E-state index contributed by atoms with van der Waals surface area (Å²) in [6.07, 6.45) is 2.20. The van der Waals surface area contributed by atoms with E-state index in [1.165, 1.54) is 0 Å². The van der Waals surface area contributed by atoms with E-state index in [0.29, 0.717) is 31.3 Å². The van der Waals surface area contributed by atoms with Crippen LogP contribution in [0.15, 0.2) is 12.2 Å². The molecule has 0 amide bonds. The van der Waals surface area contributed by atoms with Gasteiger partial charge in [0.25, 0.3) is 0 Å². The minimum atomic E-state index is -1.21. The van der Waals surface area contributed by atoms with Crippen LogP contribution >= 0.6 is 0 Å². The highest BCUT2D eigenvalue weighted by Gasteiger charge is 2.84. The quantitative estimate of drug-likeness (QED) is 0.487.